The molecule has 6 heteroatoms. The molecule has 0 aliphatic heterocycles. The molecule has 0 heterocycles. The fraction of sp³-hybridized carbons (Fsp3) is 1.00. The van der Waals surface area contributed by atoms with E-state index >= 15 is 0 Å². The predicted molar refractivity (Wildman–Crippen MR) is 80.0 cm³/mol. The average molecular weight is 300 g/mol. The van der Waals surface area contributed by atoms with E-state index < -0.39 is 7.82 Å². The second-order valence-corrected chi connectivity index (χ2v) is 6.29. The standard InChI is InChI=1S/C8H19O4P.C4H11P/c1-3-5-6-8(4-2)7-12-13(9,10)11;1-2-3-4-5/h8H,3-7H2,1-2H3,(H2,9,10,11);2-5H2,1H3. The van der Waals surface area contributed by atoms with Gasteiger partial charge in [-0.05, 0) is 28.0 Å². The van der Waals surface area contributed by atoms with Gasteiger partial charge in [0.25, 0.3) is 7.82 Å². The summed E-state index contributed by atoms with van der Waals surface area (Å²) in [5, 5.41) is 0. The first-order valence-electron chi connectivity index (χ1n) is 6.88. The Morgan fingerprint density at radius 3 is 2.11 bits per heavy atom. The highest BCUT2D eigenvalue weighted by Gasteiger charge is 2.09. The Morgan fingerprint density at radius 1 is 1.28 bits per heavy atom. The van der Waals surface area contributed by atoms with Crippen LogP contribution in [0.25, 0.3) is 0 Å². The highest BCUT2D eigenvalue weighted by atomic mass is 31.2. The third-order valence-electron chi connectivity index (χ3n) is 2.62. The minimum Gasteiger partial charge on any atom is -0.756 e. The van der Waals surface area contributed by atoms with Crippen molar-refractivity contribution in [2.45, 2.75) is 59.3 Å². The second-order valence-electron chi connectivity index (χ2n) is 4.39. The lowest BCUT2D eigenvalue weighted by atomic mass is 10.0. The summed E-state index contributed by atoms with van der Waals surface area (Å²) >= 11 is 0. The summed E-state index contributed by atoms with van der Waals surface area (Å²) in [6.07, 6.45) is 8.10. The first kappa shape index (κ1) is 20.8. The lowest BCUT2D eigenvalue weighted by molar-refractivity contribution is -0.220. The van der Waals surface area contributed by atoms with E-state index in [1.165, 1.54) is 19.0 Å². The van der Waals surface area contributed by atoms with Crippen LogP contribution in [0.5, 0.6) is 0 Å². The number of unbranched alkanes of at least 4 members (excludes halogenated alkanes) is 2. The van der Waals surface area contributed by atoms with E-state index in [2.05, 4.69) is 18.4 Å². The van der Waals surface area contributed by atoms with Gasteiger partial charge < -0.3 is 14.3 Å². The number of rotatable bonds is 9. The van der Waals surface area contributed by atoms with Gasteiger partial charge in [-0.3, -0.25) is 4.57 Å². The summed E-state index contributed by atoms with van der Waals surface area (Å²) in [6, 6.07) is 0. The van der Waals surface area contributed by atoms with E-state index in [1.54, 1.807) is 0 Å². The van der Waals surface area contributed by atoms with Gasteiger partial charge in [0.05, 0.1) is 12.8 Å². The zero-order valence-electron chi connectivity index (χ0n) is 12.1. The van der Waals surface area contributed by atoms with E-state index in [9.17, 15) is 9.46 Å². The molecule has 0 aromatic carbocycles. The first-order valence-corrected chi connectivity index (χ1v) is 9.38. The Bertz CT molecular complexity index is 204. The van der Waals surface area contributed by atoms with Crippen LogP contribution in [0.3, 0.4) is 0 Å². The van der Waals surface area contributed by atoms with Crippen LogP contribution in [0, 0.1) is 5.92 Å². The molecule has 0 spiro atoms. The molecule has 0 aliphatic rings. The van der Waals surface area contributed by atoms with Crippen LogP contribution in [0.4, 0.5) is 0 Å². The summed E-state index contributed by atoms with van der Waals surface area (Å²) in [4.78, 5) is 18.7. The Labute approximate surface area is 114 Å². The topological polar surface area (TPSA) is 69.6 Å². The van der Waals surface area contributed by atoms with E-state index in [0.717, 1.165) is 25.7 Å². The van der Waals surface area contributed by atoms with Crippen LogP contribution in [0.1, 0.15) is 59.3 Å². The van der Waals surface area contributed by atoms with E-state index in [4.69, 9.17) is 4.89 Å². The van der Waals surface area contributed by atoms with Crippen LogP contribution in [-0.2, 0) is 9.09 Å². The van der Waals surface area contributed by atoms with E-state index in [0.29, 0.717) is 0 Å². The molecule has 112 valence electrons. The number of phosphoric acid groups is 1. The molecule has 0 aliphatic carbocycles. The van der Waals surface area contributed by atoms with Gasteiger partial charge in [-0.15, -0.1) is 0 Å². The van der Waals surface area contributed by atoms with Crippen molar-refractivity contribution < 1.29 is 18.9 Å². The van der Waals surface area contributed by atoms with Crippen LogP contribution in [0.2, 0.25) is 0 Å². The molecule has 18 heavy (non-hydrogen) atoms. The van der Waals surface area contributed by atoms with Crippen LogP contribution >= 0.6 is 17.1 Å². The van der Waals surface area contributed by atoms with Crippen molar-refractivity contribution >= 4 is 17.1 Å². The Morgan fingerprint density at radius 2 is 1.83 bits per heavy atom. The molecule has 0 amide bonds. The summed E-state index contributed by atoms with van der Waals surface area (Å²) in [6.45, 7) is 6.39. The second kappa shape index (κ2) is 14.0. The molecule has 3 unspecified atom stereocenters. The number of hydrogen-bond donors (Lipinski definition) is 1. The lowest BCUT2D eigenvalue weighted by Gasteiger charge is -2.20. The molecule has 0 bridgehead atoms. The van der Waals surface area contributed by atoms with Gasteiger partial charge in [0, 0.05) is 0 Å². The van der Waals surface area contributed by atoms with Gasteiger partial charge >= 0.3 is 0 Å². The number of hydrogen-bond acceptors (Lipinski definition) is 3. The monoisotopic (exact) mass is 300 g/mol. The van der Waals surface area contributed by atoms with Crippen molar-refractivity contribution in [2.75, 3.05) is 12.8 Å². The molecule has 0 aromatic heterocycles. The van der Waals surface area contributed by atoms with Crippen molar-refractivity contribution in [3.63, 3.8) is 0 Å². The van der Waals surface area contributed by atoms with Crippen molar-refractivity contribution in [1.29, 1.82) is 0 Å². The van der Waals surface area contributed by atoms with E-state index in [1.807, 2.05) is 16.2 Å². The van der Waals surface area contributed by atoms with Gasteiger partial charge in [-0.1, -0.05) is 46.5 Å². The minimum atomic E-state index is -4.51. The molecule has 0 saturated heterocycles. The maximum atomic E-state index is 10.3. The highest BCUT2D eigenvalue weighted by molar-refractivity contribution is 7.44. The van der Waals surface area contributed by atoms with Crippen molar-refractivity contribution in [2.24, 2.45) is 5.92 Å². The molecule has 0 rings (SSSR count). The van der Waals surface area contributed by atoms with Gasteiger partial charge in [0.15, 0.2) is 0 Å². The summed E-state index contributed by atoms with van der Waals surface area (Å²) in [5.41, 5.74) is 0. The molecule has 4 nitrogen and oxygen atoms in total. The Hall–Kier alpha value is 0.540. The fourth-order valence-electron chi connectivity index (χ4n) is 1.35. The van der Waals surface area contributed by atoms with Crippen molar-refractivity contribution in [3.8, 4) is 0 Å². The van der Waals surface area contributed by atoms with Crippen LogP contribution < -0.4 is 4.89 Å². The highest BCUT2D eigenvalue weighted by Crippen LogP contribution is 2.32. The average Bonchev–Trinajstić information content (AvgIpc) is 2.30. The lowest BCUT2D eigenvalue weighted by Crippen LogP contribution is -2.11. The van der Waals surface area contributed by atoms with Crippen LogP contribution in [0.15, 0.2) is 0 Å². The zero-order chi connectivity index (χ0) is 14.4. The van der Waals surface area contributed by atoms with Crippen molar-refractivity contribution in [3.05, 3.63) is 0 Å². The molecule has 3 atom stereocenters. The summed E-state index contributed by atoms with van der Waals surface area (Å²) < 4.78 is 14.6. The third-order valence-corrected chi connectivity index (χ3v) is 3.60. The smallest absolute Gasteiger partial charge is 0.265 e. The number of phosphoric ester groups is 1. The maximum absolute atomic E-state index is 10.3. The SMILES string of the molecule is CCCCC(CC)COP(=O)([O-])O.CCCC[PH3+]. The molecule has 1 N–H and O–H groups in total. The predicted octanol–water partition coefficient (Wildman–Crippen LogP) is 3.07. The quantitative estimate of drug-likeness (QED) is 0.664. The van der Waals surface area contributed by atoms with Gasteiger partial charge in [0.1, 0.15) is 0 Å². The van der Waals surface area contributed by atoms with Gasteiger partial charge in [0.2, 0.25) is 0 Å². The van der Waals surface area contributed by atoms with Gasteiger partial charge in [-0.2, -0.15) is 0 Å². The summed E-state index contributed by atoms with van der Waals surface area (Å²) in [7, 11) is -2.47. The largest absolute Gasteiger partial charge is 0.756 e. The molecule has 0 saturated carbocycles. The normalized spacial score (nSPS) is 15.6. The molecule has 0 aromatic rings. The van der Waals surface area contributed by atoms with Crippen molar-refractivity contribution in [1.82, 2.24) is 0 Å². The minimum absolute atomic E-state index is 0.105. The molecule has 0 radical (unpaired) electrons. The molecule has 0 fully saturated rings. The maximum Gasteiger partial charge on any atom is 0.265 e. The van der Waals surface area contributed by atoms with E-state index in [-0.39, 0.29) is 12.5 Å². The molecular weight excluding hydrogens is 270 g/mol. The van der Waals surface area contributed by atoms with Crippen LogP contribution in [-0.4, -0.2) is 17.7 Å². The summed E-state index contributed by atoms with van der Waals surface area (Å²) in [5.74, 6) is 0.231. The molecular formula is C12H30O4P2. The third kappa shape index (κ3) is 18.9. The first-order chi connectivity index (χ1) is 8.41. The fourth-order valence-corrected chi connectivity index (χ4v) is 2.25. The zero-order valence-corrected chi connectivity index (χ0v) is 14.4. The Kier molecular flexibility index (Phi) is 16.2. The van der Waals surface area contributed by atoms with Gasteiger partial charge in [-0.25, -0.2) is 0 Å². The Balaban J connectivity index is 0.